The van der Waals surface area contributed by atoms with E-state index in [0.717, 1.165) is 23.1 Å². The first-order valence-electron chi connectivity index (χ1n) is 8.37. The Bertz CT molecular complexity index is 802. The highest BCUT2D eigenvalue weighted by Gasteiger charge is 2.01. The van der Waals surface area contributed by atoms with Gasteiger partial charge in [0.25, 0.3) is 0 Å². The average molecular weight is 366 g/mol. The van der Waals surface area contributed by atoms with Crippen molar-refractivity contribution in [1.29, 1.82) is 0 Å². The third kappa shape index (κ3) is 6.74. The van der Waals surface area contributed by atoms with E-state index in [4.69, 9.17) is 19.3 Å². The van der Waals surface area contributed by atoms with Crippen LogP contribution in [0.3, 0.4) is 0 Å². The minimum atomic E-state index is -0.461. The zero-order valence-corrected chi connectivity index (χ0v) is 15.1. The molecule has 0 bridgehead atoms. The van der Waals surface area contributed by atoms with Crippen molar-refractivity contribution >= 4 is 5.97 Å². The predicted octanol–water partition coefficient (Wildman–Crippen LogP) is 4.82. The van der Waals surface area contributed by atoms with Gasteiger partial charge in [0, 0.05) is 5.57 Å². The van der Waals surface area contributed by atoms with Gasteiger partial charge in [-0.2, -0.15) is 0 Å². The van der Waals surface area contributed by atoms with Crippen molar-refractivity contribution < 1.29 is 24.1 Å². The number of carbonyl (C=O) groups is 1. The van der Waals surface area contributed by atoms with Crippen LogP contribution in [0.2, 0.25) is 0 Å². The van der Waals surface area contributed by atoms with E-state index < -0.39 is 5.97 Å². The molecule has 2 aromatic rings. The summed E-state index contributed by atoms with van der Waals surface area (Å²) in [5.74, 6) is 0.984. The van der Waals surface area contributed by atoms with E-state index >= 15 is 0 Å². The largest absolute Gasteiger partial charge is 0.516 e. The second-order valence-electron chi connectivity index (χ2n) is 5.61. The topological polar surface area (TPSA) is 65.0 Å². The van der Waals surface area contributed by atoms with Gasteiger partial charge in [0.05, 0.1) is 12.5 Å². The molecule has 0 atom stereocenters. The van der Waals surface area contributed by atoms with E-state index in [1.54, 1.807) is 13.0 Å². The summed E-state index contributed by atoms with van der Waals surface area (Å²) in [5, 5.41) is 8.58. The molecule has 0 spiro atoms. The zero-order chi connectivity index (χ0) is 19.5. The van der Waals surface area contributed by atoms with Crippen molar-refractivity contribution in [1.82, 2.24) is 0 Å². The standard InChI is InChI=1S/C22H22O5/c1-17(2)22(24)27-16-4-15-26-21-11-7-19(8-12-21)18-5-9-20(10-6-18)25-14-3-13-23/h3-13,16,23H,1,14-15H2,2H3/b13-3+,16-4+. The van der Waals surface area contributed by atoms with E-state index in [1.807, 2.05) is 48.5 Å². The molecule has 27 heavy (non-hydrogen) atoms. The van der Waals surface area contributed by atoms with Crippen LogP contribution in [0, 0.1) is 0 Å². The lowest BCUT2D eigenvalue weighted by Gasteiger charge is -2.07. The normalized spacial score (nSPS) is 10.9. The van der Waals surface area contributed by atoms with Crippen molar-refractivity contribution in [3.05, 3.63) is 85.4 Å². The van der Waals surface area contributed by atoms with Gasteiger partial charge >= 0.3 is 5.97 Å². The number of esters is 1. The second-order valence-corrected chi connectivity index (χ2v) is 5.61. The molecule has 1 N–H and O–H groups in total. The third-order valence-corrected chi connectivity index (χ3v) is 3.46. The van der Waals surface area contributed by atoms with Crippen molar-refractivity contribution in [2.75, 3.05) is 13.2 Å². The fraction of sp³-hybridized carbons (Fsp3) is 0.136. The monoisotopic (exact) mass is 366 g/mol. The van der Waals surface area contributed by atoms with Gasteiger partial charge in [-0.15, -0.1) is 0 Å². The van der Waals surface area contributed by atoms with E-state index in [1.165, 1.54) is 12.3 Å². The van der Waals surface area contributed by atoms with Gasteiger partial charge in [-0.05, 0) is 54.5 Å². The SMILES string of the molecule is C=C(C)C(=O)O/C=C/COc1ccc(-c2ccc(OC/C=C/O)cc2)cc1. The Kier molecular flexibility index (Phi) is 7.72. The Morgan fingerprint density at radius 1 is 0.926 bits per heavy atom. The van der Waals surface area contributed by atoms with E-state index in [9.17, 15) is 4.79 Å². The number of rotatable bonds is 9. The number of aliphatic hydroxyl groups is 1. The lowest BCUT2D eigenvalue weighted by molar-refractivity contribution is -0.133. The van der Waals surface area contributed by atoms with Crippen LogP contribution in [0.4, 0.5) is 0 Å². The summed E-state index contributed by atoms with van der Waals surface area (Å²) in [7, 11) is 0. The van der Waals surface area contributed by atoms with Crippen molar-refractivity contribution in [3.8, 4) is 22.6 Å². The Hall–Kier alpha value is -3.47. The Morgan fingerprint density at radius 2 is 1.41 bits per heavy atom. The molecule has 0 aliphatic rings. The fourth-order valence-corrected chi connectivity index (χ4v) is 2.07. The number of benzene rings is 2. The van der Waals surface area contributed by atoms with E-state index in [0.29, 0.717) is 17.9 Å². The lowest BCUT2D eigenvalue weighted by atomic mass is 10.1. The minimum absolute atomic E-state index is 0.289. The molecular weight excluding hydrogens is 344 g/mol. The summed E-state index contributed by atoms with van der Waals surface area (Å²) in [6.45, 7) is 5.70. The Balaban J connectivity index is 1.85. The quantitative estimate of drug-likeness (QED) is 0.392. The summed E-state index contributed by atoms with van der Waals surface area (Å²) in [4.78, 5) is 11.2. The summed E-state index contributed by atoms with van der Waals surface area (Å²) < 4.78 is 15.8. The number of aliphatic hydroxyl groups excluding tert-OH is 1. The number of hydrogen-bond acceptors (Lipinski definition) is 5. The van der Waals surface area contributed by atoms with Gasteiger partial charge in [-0.3, -0.25) is 0 Å². The number of carbonyl (C=O) groups excluding carboxylic acids is 1. The van der Waals surface area contributed by atoms with Gasteiger partial charge in [0.2, 0.25) is 0 Å². The summed E-state index contributed by atoms with van der Waals surface area (Å²) >= 11 is 0. The molecule has 0 amide bonds. The minimum Gasteiger partial charge on any atom is -0.516 e. The van der Waals surface area contributed by atoms with Crippen LogP contribution >= 0.6 is 0 Å². The molecule has 5 nitrogen and oxygen atoms in total. The van der Waals surface area contributed by atoms with Crippen LogP contribution in [-0.4, -0.2) is 24.3 Å². The van der Waals surface area contributed by atoms with Gasteiger partial charge in [-0.1, -0.05) is 30.8 Å². The van der Waals surface area contributed by atoms with E-state index in [-0.39, 0.29) is 6.61 Å². The summed E-state index contributed by atoms with van der Waals surface area (Å²) in [6.07, 6.45) is 5.39. The summed E-state index contributed by atoms with van der Waals surface area (Å²) in [5.41, 5.74) is 2.45. The van der Waals surface area contributed by atoms with E-state index in [2.05, 4.69) is 6.58 Å². The number of ether oxygens (including phenoxy) is 3. The van der Waals surface area contributed by atoms with Crippen LogP contribution in [0.1, 0.15) is 6.92 Å². The molecule has 5 heteroatoms. The first-order valence-corrected chi connectivity index (χ1v) is 8.37. The molecule has 140 valence electrons. The average Bonchev–Trinajstić information content (AvgIpc) is 2.69. The molecule has 0 unspecified atom stereocenters. The predicted molar refractivity (Wildman–Crippen MR) is 105 cm³/mol. The lowest BCUT2D eigenvalue weighted by Crippen LogP contribution is -2.00. The van der Waals surface area contributed by atoms with Gasteiger partial charge in [-0.25, -0.2) is 4.79 Å². The highest BCUT2D eigenvalue weighted by Crippen LogP contribution is 2.24. The van der Waals surface area contributed by atoms with Crippen molar-refractivity contribution in [2.45, 2.75) is 6.92 Å². The van der Waals surface area contributed by atoms with Crippen LogP contribution in [0.5, 0.6) is 11.5 Å². The van der Waals surface area contributed by atoms with Gasteiger partial charge in [0.15, 0.2) is 0 Å². The molecule has 0 saturated carbocycles. The maximum Gasteiger partial charge on any atom is 0.337 e. The van der Waals surface area contributed by atoms with Crippen LogP contribution in [-0.2, 0) is 9.53 Å². The van der Waals surface area contributed by atoms with Gasteiger partial charge in [0.1, 0.15) is 24.7 Å². The van der Waals surface area contributed by atoms with Crippen LogP contribution in [0.25, 0.3) is 11.1 Å². The molecule has 2 rings (SSSR count). The van der Waals surface area contributed by atoms with Crippen LogP contribution in [0.15, 0.2) is 85.4 Å². The maximum absolute atomic E-state index is 11.2. The molecule has 0 heterocycles. The summed E-state index contributed by atoms with van der Waals surface area (Å²) in [6, 6.07) is 15.4. The first-order chi connectivity index (χ1) is 13.1. The molecule has 0 aromatic heterocycles. The third-order valence-electron chi connectivity index (χ3n) is 3.46. The molecule has 0 radical (unpaired) electrons. The van der Waals surface area contributed by atoms with Crippen LogP contribution < -0.4 is 9.47 Å². The Labute approximate surface area is 158 Å². The second kappa shape index (κ2) is 10.5. The first kappa shape index (κ1) is 19.8. The van der Waals surface area contributed by atoms with Gasteiger partial charge < -0.3 is 19.3 Å². The smallest absolute Gasteiger partial charge is 0.337 e. The van der Waals surface area contributed by atoms with Crippen molar-refractivity contribution in [2.24, 2.45) is 0 Å². The molecule has 0 aliphatic carbocycles. The van der Waals surface area contributed by atoms with Crippen molar-refractivity contribution in [3.63, 3.8) is 0 Å². The molecule has 2 aromatic carbocycles. The molecular formula is C22H22O5. The molecule has 0 aliphatic heterocycles. The Morgan fingerprint density at radius 3 is 1.85 bits per heavy atom. The zero-order valence-electron chi connectivity index (χ0n) is 15.1. The highest BCUT2D eigenvalue weighted by molar-refractivity contribution is 5.87. The molecule has 0 saturated heterocycles. The highest BCUT2D eigenvalue weighted by atomic mass is 16.5. The fourth-order valence-electron chi connectivity index (χ4n) is 2.07. The maximum atomic E-state index is 11.2. The molecule has 0 fully saturated rings. The number of hydrogen-bond donors (Lipinski definition) is 1.